The van der Waals surface area contributed by atoms with E-state index in [1.807, 2.05) is 20.8 Å². The molecule has 0 aliphatic rings. The molecular formula is C14H18F2O3. The first-order valence-corrected chi connectivity index (χ1v) is 6.03. The quantitative estimate of drug-likeness (QED) is 0.790. The summed E-state index contributed by atoms with van der Waals surface area (Å²) < 4.78 is 37.0. The van der Waals surface area contributed by atoms with Gasteiger partial charge in [0.2, 0.25) is 0 Å². The molecule has 1 aromatic rings. The van der Waals surface area contributed by atoms with Gasteiger partial charge < -0.3 is 9.47 Å². The van der Waals surface area contributed by atoms with Crippen LogP contribution in [0.3, 0.4) is 0 Å². The Labute approximate surface area is 111 Å². The Morgan fingerprint density at radius 1 is 1.21 bits per heavy atom. The summed E-state index contributed by atoms with van der Waals surface area (Å²) in [6.45, 7) is 6.85. The summed E-state index contributed by atoms with van der Waals surface area (Å²) in [5.74, 6) is -2.87. The predicted molar refractivity (Wildman–Crippen MR) is 67.2 cm³/mol. The molecule has 0 saturated carbocycles. The van der Waals surface area contributed by atoms with Crippen LogP contribution in [0.15, 0.2) is 12.1 Å². The molecule has 0 bridgehead atoms. The average Bonchev–Trinajstić information content (AvgIpc) is 2.26. The third-order valence-corrected chi connectivity index (χ3v) is 2.50. The topological polar surface area (TPSA) is 35.5 Å². The summed E-state index contributed by atoms with van der Waals surface area (Å²) in [7, 11) is 0. The molecule has 1 aromatic carbocycles. The second-order valence-electron chi connectivity index (χ2n) is 5.11. The van der Waals surface area contributed by atoms with Crippen LogP contribution in [0, 0.1) is 11.6 Å². The van der Waals surface area contributed by atoms with Gasteiger partial charge in [0.05, 0.1) is 6.61 Å². The minimum absolute atomic E-state index is 0.191. The zero-order valence-electron chi connectivity index (χ0n) is 11.5. The number of carbonyl (C=O) groups excluding carboxylic acids is 1. The molecular weight excluding hydrogens is 254 g/mol. The van der Waals surface area contributed by atoms with Crippen LogP contribution in [0.25, 0.3) is 0 Å². The molecule has 5 heteroatoms. The third kappa shape index (κ3) is 4.19. The molecule has 0 N–H and O–H groups in total. The van der Waals surface area contributed by atoms with E-state index in [0.717, 1.165) is 0 Å². The Morgan fingerprint density at radius 3 is 2.16 bits per heavy atom. The van der Waals surface area contributed by atoms with Crippen molar-refractivity contribution in [3.05, 3.63) is 29.3 Å². The van der Waals surface area contributed by atoms with E-state index in [4.69, 9.17) is 4.74 Å². The van der Waals surface area contributed by atoms with Gasteiger partial charge in [0.1, 0.15) is 0 Å². The molecule has 0 amide bonds. The van der Waals surface area contributed by atoms with Crippen LogP contribution in [0.5, 0.6) is 5.75 Å². The molecule has 0 aliphatic heterocycles. The fourth-order valence-electron chi connectivity index (χ4n) is 1.46. The van der Waals surface area contributed by atoms with Crippen molar-refractivity contribution < 1.29 is 23.0 Å². The van der Waals surface area contributed by atoms with Crippen molar-refractivity contribution in [2.45, 2.75) is 33.1 Å². The van der Waals surface area contributed by atoms with Gasteiger partial charge in [-0.1, -0.05) is 20.8 Å². The number of esters is 1. The largest absolute Gasteiger partial charge is 0.476 e. The van der Waals surface area contributed by atoms with Crippen LogP contribution in [-0.4, -0.2) is 19.2 Å². The SMILES string of the molecule is CCOC(=O)COc1c(F)cc(C(C)(C)C)cc1F. The van der Waals surface area contributed by atoms with Crippen molar-refractivity contribution in [3.8, 4) is 5.75 Å². The third-order valence-electron chi connectivity index (χ3n) is 2.50. The number of hydrogen-bond donors (Lipinski definition) is 0. The van der Waals surface area contributed by atoms with Gasteiger partial charge in [0.15, 0.2) is 24.0 Å². The fourth-order valence-corrected chi connectivity index (χ4v) is 1.46. The number of halogens is 2. The van der Waals surface area contributed by atoms with Crippen molar-refractivity contribution in [1.82, 2.24) is 0 Å². The highest BCUT2D eigenvalue weighted by atomic mass is 19.1. The lowest BCUT2D eigenvalue weighted by Gasteiger charge is -2.20. The highest BCUT2D eigenvalue weighted by Gasteiger charge is 2.20. The van der Waals surface area contributed by atoms with Crippen LogP contribution in [0.1, 0.15) is 33.3 Å². The number of carbonyl (C=O) groups is 1. The van der Waals surface area contributed by atoms with E-state index in [1.165, 1.54) is 12.1 Å². The highest BCUT2D eigenvalue weighted by Crippen LogP contribution is 2.29. The predicted octanol–water partition coefficient (Wildman–Crippen LogP) is 3.20. The van der Waals surface area contributed by atoms with E-state index in [2.05, 4.69) is 4.74 Å². The second-order valence-corrected chi connectivity index (χ2v) is 5.11. The summed E-state index contributed by atoms with van der Waals surface area (Å²) in [4.78, 5) is 11.1. The number of ether oxygens (including phenoxy) is 2. The summed E-state index contributed by atoms with van der Waals surface area (Å²) >= 11 is 0. The molecule has 0 radical (unpaired) electrons. The summed E-state index contributed by atoms with van der Waals surface area (Å²) in [5, 5.41) is 0. The van der Waals surface area contributed by atoms with E-state index in [9.17, 15) is 13.6 Å². The smallest absolute Gasteiger partial charge is 0.344 e. The van der Waals surface area contributed by atoms with Crippen molar-refractivity contribution in [1.29, 1.82) is 0 Å². The fraction of sp³-hybridized carbons (Fsp3) is 0.500. The van der Waals surface area contributed by atoms with Crippen molar-refractivity contribution in [2.75, 3.05) is 13.2 Å². The van der Waals surface area contributed by atoms with E-state index >= 15 is 0 Å². The lowest BCUT2D eigenvalue weighted by atomic mass is 9.87. The van der Waals surface area contributed by atoms with Crippen molar-refractivity contribution >= 4 is 5.97 Å². The monoisotopic (exact) mass is 272 g/mol. The van der Waals surface area contributed by atoms with Crippen LogP contribution < -0.4 is 4.74 Å². The van der Waals surface area contributed by atoms with Gasteiger partial charge in [-0.15, -0.1) is 0 Å². The lowest BCUT2D eigenvalue weighted by molar-refractivity contribution is -0.145. The minimum Gasteiger partial charge on any atom is -0.476 e. The zero-order valence-corrected chi connectivity index (χ0v) is 11.5. The molecule has 0 aliphatic carbocycles. The summed E-state index contributed by atoms with van der Waals surface area (Å²) in [6.07, 6.45) is 0. The van der Waals surface area contributed by atoms with E-state index in [0.29, 0.717) is 5.56 Å². The van der Waals surface area contributed by atoms with Gasteiger partial charge in [-0.25, -0.2) is 13.6 Å². The normalized spacial score (nSPS) is 11.3. The van der Waals surface area contributed by atoms with E-state index in [1.54, 1.807) is 6.92 Å². The molecule has 1 rings (SSSR count). The first kappa shape index (κ1) is 15.4. The van der Waals surface area contributed by atoms with Crippen LogP contribution in [0.2, 0.25) is 0 Å². The maximum Gasteiger partial charge on any atom is 0.344 e. The first-order chi connectivity index (χ1) is 8.75. The minimum atomic E-state index is -0.825. The highest BCUT2D eigenvalue weighted by molar-refractivity contribution is 5.71. The Morgan fingerprint density at radius 2 is 1.74 bits per heavy atom. The van der Waals surface area contributed by atoms with Crippen LogP contribution >= 0.6 is 0 Å². The Hall–Kier alpha value is -1.65. The van der Waals surface area contributed by atoms with Crippen LogP contribution in [-0.2, 0) is 14.9 Å². The van der Waals surface area contributed by atoms with Gasteiger partial charge in [-0.3, -0.25) is 0 Å². The van der Waals surface area contributed by atoms with Crippen molar-refractivity contribution in [2.24, 2.45) is 0 Å². The summed E-state index contributed by atoms with van der Waals surface area (Å²) in [6, 6.07) is 2.42. The van der Waals surface area contributed by atoms with Crippen molar-refractivity contribution in [3.63, 3.8) is 0 Å². The average molecular weight is 272 g/mol. The maximum absolute atomic E-state index is 13.8. The van der Waals surface area contributed by atoms with E-state index in [-0.39, 0.29) is 12.0 Å². The molecule has 0 heterocycles. The molecule has 106 valence electrons. The van der Waals surface area contributed by atoms with E-state index < -0.39 is 30.0 Å². The Kier molecular flexibility index (Phi) is 4.86. The molecule has 3 nitrogen and oxygen atoms in total. The number of hydrogen-bond acceptors (Lipinski definition) is 3. The molecule has 19 heavy (non-hydrogen) atoms. The van der Waals surface area contributed by atoms with Gasteiger partial charge >= 0.3 is 5.97 Å². The van der Waals surface area contributed by atoms with Gasteiger partial charge in [-0.2, -0.15) is 0 Å². The van der Waals surface area contributed by atoms with Crippen LogP contribution in [0.4, 0.5) is 8.78 Å². The van der Waals surface area contributed by atoms with Gasteiger partial charge in [0.25, 0.3) is 0 Å². The molecule has 0 saturated heterocycles. The maximum atomic E-state index is 13.8. The lowest BCUT2D eigenvalue weighted by Crippen LogP contribution is -2.17. The molecule has 0 atom stereocenters. The second kappa shape index (κ2) is 5.99. The summed E-state index contributed by atoms with van der Waals surface area (Å²) in [5.41, 5.74) is 0.146. The molecule has 0 aromatic heterocycles. The molecule has 0 unspecified atom stereocenters. The molecule has 0 spiro atoms. The van der Waals surface area contributed by atoms with Gasteiger partial charge in [-0.05, 0) is 30.0 Å². The Bertz CT molecular complexity index is 441. The number of rotatable bonds is 4. The van der Waals surface area contributed by atoms with Gasteiger partial charge in [0, 0.05) is 0 Å². The first-order valence-electron chi connectivity index (χ1n) is 6.03. The zero-order chi connectivity index (χ0) is 14.6. The standard InChI is InChI=1S/C14H18F2O3/c1-5-18-12(17)8-19-13-10(15)6-9(7-11(13)16)14(2,3)4/h6-7H,5,8H2,1-4H3. The Balaban J connectivity index is 2.89. The molecule has 0 fully saturated rings. The number of benzene rings is 1.